The first-order valence-electron chi connectivity index (χ1n) is 11.3. The number of carbonyl (C=O) groups excluding carboxylic acids is 2. The van der Waals surface area contributed by atoms with E-state index in [9.17, 15) is 9.59 Å². The molecule has 33 heavy (non-hydrogen) atoms. The maximum absolute atomic E-state index is 12.7. The van der Waals surface area contributed by atoms with Crippen LogP contribution in [0.15, 0.2) is 84.9 Å². The second-order valence-electron chi connectivity index (χ2n) is 8.31. The molecule has 1 fully saturated rings. The largest absolute Gasteiger partial charge is 0.368 e. The predicted molar refractivity (Wildman–Crippen MR) is 134 cm³/mol. The number of hydrogen-bond acceptors (Lipinski definition) is 3. The van der Waals surface area contributed by atoms with Gasteiger partial charge in [0, 0.05) is 43.6 Å². The van der Waals surface area contributed by atoms with Gasteiger partial charge in [0.25, 0.3) is 0 Å². The Balaban J connectivity index is 1.26. The first-order valence-corrected chi connectivity index (χ1v) is 11.3. The zero-order valence-corrected chi connectivity index (χ0v) is 18.9. The van der Waals surface area contributed by atoms with E-state index in [4.69, 9.17) is 0 Å². The van der Waals surface area contributed by atoms with Gasteiger partial charge in [0.15, 0.2) is 0 Å². The van der Waals surface area contributed by atoms with Crippen LogP contribution in [0, 0.1) is 6.92 Å². The van der Waals surface area contributed by atoms with E-state index in [1.807, 2.05) is 84.6 Å². The SMILES string of the molecule is Cc1cccc(CC(=O)N2CCN(c3ccc(NC(=O)/C=C/c4ccccc4)cc3)CC2)c1. The van der Waals surface area contributed by atoms with E-state index >= 15 is 0 Å². The molecule has 0 aromatic heterocycles. The van der Waals surface area contributed by atoms with Gasteiger partial charge in [-0.1, -0.05) is 60.2 Å². The highest BCUT2D eigenvalue weighted by Gasteiger charge is 2.21. The van der Waals surface area contributed by atoms with Crippen molar-refractivity contribution in [2.24, 2.45) is 0 Å². The summed E-state index contributed by atoms with van der Waals surface area (Å²) in [5.74, 6) is 0.0224. The average Bonchev–Trinajstić information content (AvgIpc) is 2.84. The van der Waals surface area contributed by atoms with Crippen LogP contribution in [0.3, 0.4) is 0 Å². The van der Waals surface area contributed by atoms with Crippen LogP contribution >= 0.6 is 0 Å². The maximum atomic E-state index is 12.7. The Kier molecular flexibility index (Phi) is 7.20. The molecule has 2 amide bonds. The number of aryl methyl sites for hydroxylation is 1. The van der Waals surface area contributed by atoms with Gasteiger partial charge >= 0.3 is 0 Å². The van der Waals surface area contributed by atoms with Gasteiger partial charge < -0.3 is 15.1 Å². The van der Waals surface area contributed by atoms with Crippen molar-refractivity contribution in [3.05, 3.63) is 102 Å². The van der Waals surface area contributed by atoms with Gasteiger partial charge in [-0.3, -0.25) is 9.59 Å². The average molecular weight is 440 g/mol. The molecule has 3 aromatic rings. The van der Waals surface area contributed by atoms with Crippen LogP contribution in [0.1, 0.15) is 16.7 Å². The zero-order chi connectivity index (χ0) is 23.0. The summed E-state index contributed by atoms with van der Waals surface area (Å²) in [5, 5.41) is 2.89. The van der Waals surface area contributed by atoms with Crippen molar-refractivity contribution in [2.45, 2.75) is 13.3 Å². The molecule has 1 aliphatic rings. The smallest absolute Gasteiger partial charge is 0.248 e. The molecule has 168 valence electrons. The Morgan fingerprint density at radius 3 is 2.30 bits per heavy atom. The van der Waals surface area contributed by atoms with Gasteiger partial charge in [-0.2, -0.15) is 0 Å². The van der Waals surface area contributed by atoms with Crippen LogP contribution in [0.2, 0.25) is 0 Å². The molecule has 5 nitrogen and oxygen atoms in total. The van der Waals surface area contributed by atoms with Crippen molar-refractivity contribution in [3.8, 4) is 0 Å². The second-order valence-corrected chi connectivity index (χ2v) is 8.31. The molecule has 0 atom stereocenters. The number of amides is 2. The van der Waals surface area contributed by atoms with Gasteiger partial charge in [0.2, 0.25) is 11.8 Å². The predicted octanol–water partition coefficient (Wildman–Crippen LogP) is 4.54. The highest BCUT2D eigenvalue weighted by molar-refractivity contribution is 6.02. The van der Waals surface area contributed by atoms with Crippen molar-refractivity contribution in [1.82, 2.24) is 4.90 Å². The lowest BCUT2D eigenvalue weighted by molar-refractivity contribution is -0.130. The molecule has 0 unspecified atom stereocenters. The minimum absolute atomic E-state index is 0.160. The third kappa shape index (κ3) is 6.32. The third-order valence-corrected chi connectivity index (χ3v) is 5.80. The molecule has 1 N–H and O–H groups in total. The van der Waals surface area contributed by atoms with Crippen molar-refractivity contribution in [1.29, 1.82) is 0 Å². The summed E-state index contributed by atoms with van der Waals surface area (Å²) in [7, 11) is 0. The molecular weight excluding hydrogens is 410 g/mol. The molecular formula is C28H29N3O2. The Bertz CT molecular complexity index is 1120. The Morgan fingerprint density at radius 2 is 1.61 bits per heavy atom. The highest BCUT2D eigenvalue weighted by Crippen LogP contribution is 2.20. The number of piperazine rings is 1. The van der Waals surface area contributed by atoms with E-state index in [1.165, 1.54) is 11.6 Å². The van der Waals surface area contributed by atoms with Gasteiger partial charge in [-0.25, -0.2) is 0 Å². The van der Waals surface area contributed by atoms with E-state index < -0.39 is 0 Å². The van der Waals surface area contributed by atoms with Crippen LogP contribution in [-0.2, 0) is 16.0 Å². The fourth-order valence-electron chi connectivity index (χ4n) is 4.00. The summed E-state index contributed by atoms with van der Waals surface area (Å²) >= 11 is 0. The van der Waals surface area contributed by atoms with E-state index in [0.717, 1.165) is 35.6 Å². The van der Waals surface area contributed by atoms with Crippen molar-refractivity contribution in [3.63, 3.8) is 0 Å². The van der Waals surface area contributed by atoms with Crippen LogP contribution in [0.5, 0.6) is 0 Å². The number of anilines is 2. The highest BCUT2D eigenvalue weighted by atomic mass is 16.2. The number of carbonyl (C=O) groups is 2. The Hall–Kier alpha value is -3.86. The van der Waals surface area contributed by atoms with Crippen LogP contribution in [0.4, 0.5) is 11.4 Å². The number of nitrogens with zero attached hydrogens (tertiary/aromatic N) is 2. The fourth-order valence-corrected chi connectivity index (χ4v) is 4.00. The van der Waals surface area contributed by atoms with Crippen LogP contribution < -0.4 is 10.2 Å². The minimum Gasteiger partial charge on any atom is -0.368 e. The molecule has 1 saturated heterocycles. The van der Waals surface area contributed by atoms with Crippen LogP contribution in [-0.4, -0.2) is 42.9 Å². The summed E-state index contributed by atoms with van der Waals surface area (Å²) < 4.78 is 0. The van der Waals surface area contributed by atoms with Gasteiger partial charge in [0.1, 0.15) is 0 Å². The summed E-state index contributed by atoms with van der Waals surface area (Å²) in [6.45, 7) is 5.07. The van der Waals surface area contributed by atoms with Gasteiger partial charge in [-0.05, 0) is 48.4 Å². The van der Waals surface area contributed by atoms with Gasteiger partial charge in [-0.15, -0.1) is 0 Å². The minimum atomic E-state index is -0.160. The number of nitrogens with one attached hydrogen (secondary N) is 1. The van der Waals surface area contributed by atoms with E-state index in [-0.39, 0.29) is 11.8 Å². The van der Waals surface area contributed by atoms with Crippen molar-refractivity contribution < 1.29 is 9.59 Å². The molecule has 0 saturated carbocycles. The number of benzene rings is 3. The molecule has 5 heteroatoms. The topological polar surface area (TPSA) is 52.7 Å². The maximum Gasteiger partial charge on any atom is 0.248 e. The van der Waals surface area contributed by atoms with Crippen LogP contribution in [0.25, 0.3) is 6.08 Å². The first-order chi connectivity index (χ1) is 16.1. The Labute approximate surface area is 195 Å². The lowest BCUT2D eigenvalue weighted by Gasteiger charge is -2.36. The molecule has 0 radical (unpaired) electrons. The lowest BCUT2D eigenvalue weighted by atomic mass is 10.1. The summed E-state index contributed by atoms with van der Waals surface area (Å²) in [5.41, 5.74) is 5.09. The Morgan fingerprint density at radius 1 is 0.879 bits per heavy atom. The second kappa shape index (κ2) is 10.6. The zero-order valence-electron chi connectivity index (χ0n) is 18.9. The lowest BCUT2D eigenvalue weighted by Crippen LogP contribution is -2.49. The molecule has 4 rings (SSSR count). The monoisotopic (exact) mass is 439 g/mol. The molecule has 3 aromatic carbocycles. The molecule has 1 aliphatic heterocycles. The molecule has 0 bridgehead atoms. The summed E-state index contributed by atoms with van der Waals surface area (Å²) in [4.78, 5) is 29.1. The summed E-state index contributed by atoms with van der Waals surface area (Å²) in [6.07, 6.45) is 3.79. The van der Waals surface area contributed by atoms with Crippen molar-refractivity contribution >= 4 is 29.3 Å². The standard InChI is InChI=1S/C28H29N3O2/c1-22-6-5-9-24(20-22)21-28(33)31-18-16-30(17-19-31)26-13-11-25(12-14-26)29-27(32)15-10-23-7-3-2-4-8-23/h2-15,20H,16-19,21H2,1H3,(H,29,32)/b15-10+. The third-order valence-electron chi connectivity index (χ3n) is 5.80. The number of hydrogen-bond donors (Lipinski definition) is 1. The molecule has 1 heterocycles. The first kappa shape index (κ1) is 22.3. The molecule has 0 spiro atoms. The number of rotatable bonds is 6. The quantitative estimate of drug-likeness (QED) is 0.574. The van der Waals surface area contributed by atoms with E-state index in [0.29, 0.717) is 19.5 Å². The molecule has 0 aliphatic carbocycles. The van der Waals surface area contributed by atoms with E-state index in [1.54, 1.807) is 6.08 Å². The normalized spacial score (nSPS) is 13.8. The van der Waals surface area contributed by atoms with E-state index in [2.05, 4.69) is 16.3 Å². The fraction of sp³-hybridized carbons (Fsp3) is 0.214. The van der Waals surface area contributed by atoms with Crippen molar-refractivity contribution in [2.75, 3.05) is 36.4 Å². The van der Waals surface area contributed by atoms with Gasteiger partial charge in [0.05, 0.1) is 6.42 Å². The summed E-state index contributed by atoms with van der Waals surface area (Å²) in [6, 6.07) is 25.7.